The molecular formula is C20H25N3OS. The van der Waals surface area contributed by atoms with E-state index in [4.69, 9.17) is 0 Å². The van der Waals surface area contributed by atoms with Crippen LogP contribution in [0.5, 0.6) is 0 Å². The Balaban J connectivity index is 1.56. The molecule has 2 aromatic rings. The Morgan fingerprint density at radius 3 is 2.48 bits per heavy atom. The van der Waals surface area contributed by atoms with Crippen LogP contribution in [0.25, 0.3) is 0 Å². The quantitative estimate of drug-likeness (QED) is 0.833. The Bertz CT molecular complexity index is 712. The molecule has 25 heavy (non-hydrogen) atoms. The third kappa shape index (κ3) is 5.00. The van der Waals surface area contributed by atoms with E-state index in [1.54, 1.807) is 11.8 Å². The molecule has 1 N–H and O–H groups in total. The maximum Gasteiger partial charge on any atom is 0.234 e. The molecule has 1 aliphatic heterocycles. The predicted octanol–water partition coefficient (Wildman–Crippen LogP) is 3.48. The minimum atomic E-state index is 0.0318. The minimum Gasteiger partial charge on any atom is -0.369 e. The molecule has 1 saturated heterocycles. The fraction of sp³-hybridized carbons (Fsp3) is 0.350. The van der Waals surface area contributed by atoms with E-state index in [1.165, 1.54) is 5.69 Å². The molecule has 1 heterocycles. The Hall–Kier alpha value is -1.98. The van der Waals surface area contributed by atoms with E-state index >= 15 is 0 Å². The maximum atomic E-state index is 12.2. The van der Waals surface area contributed by atoms with Gasteiger partial charge in [0.05, 0.1) is 5.75 Å². The van der Waals surface area contributed by atoms with E-state index in [9.17, 15) is 4.79 Å². The number of carbonyl (C=O) groups is 1. The highest BCUT2D eigenvalue weighted by molar-refractivity contribution is 8.00. The van der Waals surface area contributed by atoms with Gasteiger partial charge in [0.2, 0.25) is 5.91 Å². The maximum absolute atomic E-state index is 12.2. The van der Waals surface area contributed by atoms with E-state index in [-0.39, 0.29) is 5.91 Å². The summed E-state index contributed by atoms with van der Waals surface area (Å²) in [6, 6.07) is 16.3. The molecule has 1 fully saturated rings. The Morgan fingerprint density at radius 2 is 1.80 bits per heavy atom. The van der Waals surface area contributed by atoms with Gasteiger partial charge in [-0.1, -0.05) is 18.2 Å². The highest BCUT2D eigenvalue weighted by atomic mass is 32.2. The fourth-order valence-electron chi connectivity index (χ4n) is 2.90. The van der Waals surface area contributed by atoms with E-state index in [0.29, 0.717) is 5.75 Å². The number of hydrogen-bond donors (Lipinski definition) is 1. The highest BCUT2D eigenvalue weighted by Gasteiger charge is 2.15. The summed E-state index contributed by atoms with van der Waals surface area (Å²) in [7, 11) is 2.16. The first-order valence-corrected chi connectivity index (χ1v) is 9.62. The number of anilines is 2. The van der Waals surface area contributed by atoms with Crippen molar-refractivity contribution in [1.29, 1.82) is 0 Å². The van der Waals surface area contributed by atoms with Gasteiger partial charge in [-0.15, -0.1) is 11.8 Å². The number of amides is 1. The second-order valence-corrected chi connectivity index (χ2v) is 7.49. The smallest absolute Gasteiger partial charge is 0.234 e. The lowest BCUT2D eigenvalue weighted by Gasteiger charge is -2.34. The molecule has 1 aliphatic rings. The molecule has 2 aromatic carbocycles. The number of piperazine rings is 1. The zero-order valence-corrected chi connectivity index (χ0v) is 15.7. The van der Waals surface area contributed by atoms with E-state index in [0.717, 1.165) is 42.3 Å². The molecule has 1 amide bonds. The number of nitrogens with one attached hydrogen (secondary N) is 1. The number of carbonyl (C=O) groups excluding carboxylic acids is 1. The normalized spacial score (nSPS) is 15.2. The van der Waals surface area contributed by atoms with Crippen LogP contribution in [0.2, 0.25) is 0 Å². The molecule has 3 rings (SSSR count). The molecule has 0 spiro atoms. The molecule has 0 atom stereocenters. The van der Waals surface area contributed by atoms with Crippen LogP contribution in [0.3, 0.4) is 0 Å². The van der Waals surface area contributed by atoms with Gasteiger partial charge in [0.15, 0.2) is 0 Å². The van der Waals surface area contributed by atoms with Crippen molar-refractivity contribution in [3.8, 4) is 0 Å². The summed E-state index contributed by atoms with van der Waals surface area (Å²) in [5, 5.41) is 3.03. The van der Waals surface area contributed by atoms with E-state index in [2.05, 4.69) is 41.2 Å². The van der Waals surface area contributed by atoms with Crippen molar-refractivity contribution in [3.05, 3.63) is 54.1 Å². The van der Waals surface area contributed by atoms with Crippen molar-refractivity contribution in [2.24, 2.45) is 0 Å². The van der Waals surface area contributed by atoms with Gasteiger partial charge < -0.3 is 15.1 Å². The summed E-state index contributed by atoms with van der Waals surface area (Å²) in [6.45, 7) is 6.34. The molecule has 0 aliphatic carbocycles. The third-order valence-electron chi connectivity index (χ3n) is 4.47. The molecule has 132 valence electrons. The average Bonchev–Trinajstić information content (AvgIpc) is 2.63. The number of hydrogen-bond acceptors (Lipinski definition) is 4. The summed E-state index contributed by atoms with van der Waals surface area (Å²) >= 11 is 1.55. The van der Waals surface area contributed by atoms with Gasteiger partial charge in [0.1, 0.15) is 0 Å². The molecule has 0 aromatic heterocycles. The van der Waals surface area contributed by atoms with Gasteiger partial charge >= 0.3 is 0 Å². The molecule has 5 heteroatoms. The number of likely N-dealkylation sites (N-methyl/N-ethyl adjacent to an activating group) is 1. The van der Waals surface area contributed by atoms with E-state index in [1.807, 2.05) is 36.4 Å². The van der Waals surface area contributed by atoms with Crippen LogP contribution in [-0.4, -0.2) is 49.8 Å². The first-order valence-electron chi connectivity index (χ1n) is 8.63. The highest BCUT2D eigenvalue weighted by Crippen LogP contribution is 2.24. The Morgan fingerprint density at radius 1 is 1.08 bits per heavy atom. The van der Waals surface area contributed by atoms with E-state index < -0.39 is 0 Å². The summed E-state index contributed by atoms with van der Waals surface area (Å²) in [5.41, 5.74) is 3.24. The number of benzene rings is 2. The van der Waals surface area contributed by atoms with Gasteiger partial charge in [0.25, 0.3) is 0 Å². The van der Waals surface area contributed by atoms with Gasteiger partial charge in [-0.2, -0.15) is 0 Å². The molecular weight excluding hydrogens is 330 g/mol. The number of thioether (sulfide) groups is 1. The fourth-order valence-corrected chi connectivity index (χ4v) is 3.62. The van der Waals surface area contributed by atoms with Crippen molar-refractivity contribution in [1.82, 2.24) is 4.90 Å². The van der Waals surface area contributed by atoms with Crippen LogP contribution in [0.1, 0.15) is 5.56 Å². The standard InChI is InChI=1S/C20H25N3OS/c1-16-14-17(23-12-10-22(2)11-13-23)8-9-19(16)21-20(24)15-25-18-6-4-3-5-7-18/h3-9,14H,10-13,15H2,1-2H3,(H,21,24). The monoisotopic (exact) mass is 355 g/mol. The van der Waals surface area contributed by atoms with Gasteiger partial charge in [0, 0.05) is 42.4 Å². The van der Waals surface area contributed by atoms with Crippen molar-refractivity contribution in [2.45, 2.75) is 11.8 Å². The minimum absolute atomic E-state index is 0.0318. The average molecular weight is 356 g/mol. The zero-order valence-electron chi connectivity index (χ0n) is 14.9. The first-order chi connectivity index (χ1) is 12.1. The molecule has 0 saturated carbocycles. The van der Waals surface area contributed by atoms with Crippen LogP contribution in [-0.2, 0) is 4.79 Å². The predicted molar refractivity (Wildman–Crippen MR) is 107 cm³/mol. The second kappa shape index (κ2) is 8.41. The summed E-state index contributed by atoms with van der Waals surface area (Å²) in [6.07, 6.45) is 0. The van der Waals surface area contributed by atoms with Crippen LogP contribution >= 0.6 is 11.8 Å². The van der Waals surface area contributed by atoms with Gasteiger partial charge in [-0.25, -0.2) is 0 Å². The molecule has 0 bridgehead atoms. The van der Waals surface area contributed by atoms with Crippen LogP contribution in [0, 0.1) is 6.92 Å². The molecule has 0 unspecified atom stereocenters. The third-order valence-corrected chi connectivity index (χ3v) is 5.48. The lowest BCUT2D eigenvalue weighted by atomic mass is 10.1. The summed E-state index contributed by atoms with van der Waals surface area (Å²) in [4.78, 5) is 18.1. The number of aryl methyl sites for hydroxylation is 1. The topological polar surface area (TPSA) is 35.6 Å². The summed E-state index contributed by atoms with van der Waals surface area (Å²) in [5.74, 6) is 0.452. The lowest BCUT2D eigenvalue weighted by Crippen LogP contribution is -2.44. The first kappa shape index (κ1) is 17.8. The van der Waals surface area contributed by atoms with Crippen LogP contribution < -0.4 is 10.2 Å². The Kier molecular flexibility index (Phi) is 6.00. The van der Waals surface area contributed by atoms with Gasteiger partial charge in [-0.3, -0.25) is 4.79 Å². The van der Waals surface area contributed by atoms with Crippen molar-refractivity contribution >= 4 is 29.0 Å². The SMILES string of the molecule is Cc1cc(N2CCN(C)CC2)ccc1NC(=O)CSc1ccccc1. The number of nitrogens with zero attached hydrogens (tertiary/aromatic N) is 2. The second-order valence-electron chi connectivity index (χ2n) is 6.44. The van der Waals surface area contributed by atoms with Crippen molar-refractivity contribution in [2.75, 3.05) is 49.2 Å². The molecule has 4 nitrogen and oxygen atoms in total. The lowest BCUT2D eigenvalue weighted by molar-refractivity contribution is -0.113. The van der Waals surface area contributed by atoms with Gasteiger partial charge in [-0.05, 0) is 49.9 Å². The van der Waals surface area contributed by atoms with Crippen molar-refractivity contribution in [3.63, 3.8) is 0 Å². The molecule has 0 radical (unpaired) electrons. The Labute approximate surface area is 154 Å². The summed E-state index contributed by atoms with van der Waals surface area (Å²) < 4.78 is 0. The zero-order chi connectivity index (χ0) is 17.6. The van der Waals surface area contributed by atoms with Crippen molar-refractivity contribution < 1.29 is 4.79 Å². The van der Waals surface area contributed by atoms with Crippen LogP contribution in [0.15, 0.2) is 53.4 Å². The number of rotatable bonds is 5. The van der Waals surface area contributed by atoms with Crippen LogP contribution in [0.4, 0.5) is 11.4 Å². The largest absolute Gasteiger partial charge is 0.369 e.